The lowest BCUT2D eigenvalue weighted by Gasteiger charge is -2.35. The Labute approximate surface area is 190 Å². The molecule has 1 aliphatic rings. The van der Waals surface area contributed by atoms with Gasteiger partial charge in [-0.2, -0.15) is 0 Å². The summed E-state index contributed by atoms with van der Waals surface area (Å²) >= 11 is 1.63. The second-order valence-corrected chi connectivity index (χ2v) is 8.28. The summed E-state index contributed by atoms with van der Waals surface area (Å²) in [6, 6.07) is 12.9. The maximum absolute atomic E-state index is 12.6. The third-order valence-electron chi connectivity index (χ3n) is 5.30. The van der Waals surface area contributed by atoms with Crippen LogP contribution in [0.1, 0.15) is 17.3 Å². The number of amides is 1. The van der Waals surface area contributed by atoms with Crippen molar-refractivity contribution in [2.75, 3.05) is 44.8 Å². The fourth-order valence-corrected chi connectivity index (χ4v) is 4.16. The summed E-state index contributed by atoms with van der Waals surface area (Å²) < 4.78 is 11.0. The van der Waals surface area contributed by atoms with Crippen LogP contribution in [0.5, 0.6) is 11.5 Å². The smallest absolute Gasteiger partial charge is 0.260 e. The van der Waals surface area contributed by atoms with Gasteiger partial charge in [-0.1, -0.05) is 6.07 Å². The first-order valence-electron chi connectivity index (χ1n) is 10.3. The molecule has 1 aliphatic heterocycles. The van der Waals surface area contributed by atoms with Crippen LogP contribution in [0.15, 0.2) is 47.8 Å². The first-order chi connectivity index (χ1) is 15.5. The number of methoxy groups -OCH3 is 1. The van der Waals surface area contributed by atoms with Gasteiger partial charge >= 0.3 is 0 Å². The Balaban J connectivity index is 1.30. The summed E-state index contributed by atoms with van der Waals surface area (Å²) in [5.74, 6) is 1.52. The summed E-state index contributed by atoms with van der Waals surface area (Å²) in [7, 11) is 1.50. The summed E-state index contributed by atoms with van der Waals surface area (Å²) in [6.45, 7) is 3.91. The number of aromatic nitrogens is 2. The number of benzene rings is 1. The number of ketones is 1. The molecule has 3 aromatic rings. The number of rotatable bonds is 7. The molecule has 9 heteroatoms. The van der Waals surface area contributed by atoms with Gasteiger partial charge in [-0.05, 0) is 48.7 Å². The van der Waals surface area contributed by atoms with Crippen molar-refractivity contribution in [1.82, 2.24) is 15.1 Å². The maximum atomic E-state index is 12.6. The number of nitrogens with zero attached hydrogens (tertiary/aromatic N) is 4. The molecule has 2 aromatic heterocycles. The summed E-state index contributed by atoms with van der Waals surface area (Å²) in [6.07, 6.45) is 0. The Hall–Kier alpha value is -3.46. The van der Waals surface area contributed by atoms with Crippen molar-refractivity contribution >= 4 is 28.8 Å². The first-order valence-corrected chi connectivity index (χ1v) is 11.1. The Kier molecular flexibility index (Phi) is 6.65. The molecule has 0 saturated carbocycles. The molecule has 1 amide bonds. The zero-order valence-corrected chi connectivity index (χ0v) is 18.8. The van der Waals surface area contributed by atoms with Gasteiger partial charge < -0.3 is 19.3 Å². The molecule has 32 heavy (non-hydrogen) atoms. The van der Waals surface area contributed by atoms with E-state index in [2.05, 4.69) is 15.1 Å². The lowest BCUT2D eigenvalue weighted by molar-refractivity contribution is -0.133. The van der Waals surface area contributed by atoms with E-state index in [1.165, 1.54) is 14.0 Å². The molecule has 3 heterocycles. The molecule has 4 rings (SSSR count). The quantitative estimate of drug-likeness (QED) is 0.509. The highest BCUT2D eigenvalue weighted by atomic mass is 32.1. The Bertz CT molecular complexity index is 1080. The number of hydrogen-bond donors (Lipinski definition) is 0. The second kappa shape index (κ2) is 9.78. The van der Waals surface area contributed by atoms with Crippen molar-refractivity contribution in [3.05, 3.63) is 53.4 Å². The van der Waals surface area contributed by atoms with Gasteiger partial charge in [0.25, 0.3) is 5.91 Å². The fraction of sp³-hybridized carbons (Fsp3) is 0.304. The third-order valence-corrected chi connectivity index (χ3v) is 6.19. The number of carbonyl (C=O) groups is 2. The van der Waals surface area contributed by atoms with E-state index in [1.54, 1.807) is 34.4 Å². The highest BCUT2D eigenvalue weighted by molar-refractivity contribution is 7.13. The zero-order chi connectivity index (χ0) is 22.5. The molecule has 0 atom stereocenters. The maximum Gasteiger partial charge on any atom is 0.260 e. The lowest BCUT2D eigenvalue weighted by atomic mass is 10.1. The van der Waals surface area contributed by atoms with E-state index in [4.69, 9.17) is 9.47 Å². The minimum atomic E-state index is -0.0959. The Morgan fingerprint density at radius 3 is 2.47 bits per heavy atom. The average Bonchev–Trinajstić information content (AvgIpc) is 3.37. The van der Waals surface area contributed by atoms with Gasteiger partial charge in [-0.25, -0.2) is 0 Å². The molecule has 166 valence electrons. The third kappa shape index (κ3) is 4.88. The lowest BCUT2D eigenvalue weighted by Crippen LogP contribution is -2.50. The molecule has 0 N–H and O–H groups in total. The van der Waals surface area contributed by atoms with E-state index in [9.17, 15) is 9.59 Å². The molecular weight excluding hydrogens is 428 g/mol. The van der Waals surface area contributed by atoms with Crippen LogP contribution in [0.4, 0.5) is 5.82 Å². The standard InChI is InChI=1S/C23H24N4O4S/c1-16(28)17-5-7-19(20(14-17)30-2)31-15-23(29)27-11-9-26(10-12-27)22-8-6-18(24-25-22)21-4-3-13-32-21/h3-8,13-14H,9-12,15H2,1-2H3. The van der Waals surface area contributed by atoms with Crippen LogP contribution in [0.25, 0.3) is 10.6 Å². The number of ether oxygens (including phenoxy) is 2. The molecular formula is C23H24N4O4S. The van der Waals surface area contributed by atoms with E-state index < -0.39 is 0 Å². The van der Waals surface area contributed by atoms with Crippen LogP contribution < -0.4 is 14.4 Å². The van der Waals surface area contributed by atoms with Crippen molar-refractivity contribution < 1.29 is 19.1 Å². The monoisotopic (exact) mass is 452 g/mol. The van der Waals surface area contributed by atoms with Crippen molar-refractivity contribution in [3.63, 3.8) is 0 Å². The second-order valence-electron chi connectivity index (χ2n) is 7.33. The predicted molar refractivity (Wildman–Crippen MR) is 123 cm³/mol. The molecule has 0 spiro atoms. The summed E-state index contributed by atoms with van der Waals surface area (Å²) in [4.78, 5) is 29.1. The van der Waals surface area contributed by atoms with Crippen LogP contribution in [0.2, 0.25) is 0 Å². The van der Waals surface area contributed by atoms with Crippen molar-refractivity contribution in [2.45, 2.75) is 6.92 Å². The number of hydrogen-bond acceptors (Lipinski definition) is 8. The van der Waals surface area contributed by atoms with Crippen LogP contribution in [0, 0.1) is 0 Å². The molecule has 0 unspecified atom stereocenters. The van der Waals surface area contributed by atoms with Gasteiger partial charge in [0.15, 0.2) is 29.7 Å². The van der Waals surface area contributed by atoms with Gasteiger partial charge in [-0.15, -0.1) is 21.5 Å². The van der Waals surface area contributed by atoms with E-state index in [0.717, 1.165) is 16.4 Å². The van der Waals surface area contributed by atoms with E-state index in [1.807, 2.05) is 29.6 Å². The largest absolute Gasteiger partial charge is 0.493 e. The first kappa shape index (κ1) is 21.8. The molecule has 1 aromatic carbocycles. The molecule has 8 nitrogen and oxygen atoms in total. The zero-order valence-electron chi connectivity index (χ0n) is 18.0. The number of thiophene rings is 1. The topological polar surface area (TPSA) is 84.9 Å². The number of anilines is 1. The average molecular weight is 453 g/mol. The van der Waals surface area contributed by atoms with Gasteiger partial charge in [0.05, 0.1) is 12.0 Å². The number of Topliss-reactive ketones (excluding diaryl/α,β-unsaturated/α-hetero) is 1. The van der Waals surface area contributed by atoms with Crippen molar-refractivity contribution in [2.24, 2.45) is 0 Å². The Morgan fingerprint density at radius 2 is 1.84 bits per heavy atom. The highest BCUT2D eigenvalue weighted by Crippen LogP contribution is 2.28. The molecule has 1 saturated heterocycles. The fourth-order valence-electron chi connectivity index (χ4n) is 3.47. The van der Waals surface area contributed by atoms with E-state index in [-0.39, 0.29) is 18.3 Å². The van der Waals surface area contributed by atoms with Gasteiger partial charge in [0.1, 0.15) is 5.69 Å². The summed E-state index contributed by atoms with van der Waals surface area (Å²) in [5.41, 5.74) is 1.39. The molecule has 0 aliphatic carbocycles. The molecule has 0 bridgehead atoms. The van der Waals surface area contributed by atoms with Crippen LogP contribution in [-0.2, 0) is 4.79 Å². The van der Waals surface area contributed by atoms with E-state index >= 15 is 0 Å². The van der Waals surface area contributed by atoms with Gasteiger partial charge in [0, 0.05) is 31.7 Å². The number of piperazine rings is 1. The van der Waals surface area contributed by atoms with Crippen LogP contribution >= 0.6 is 11.3 Å². The molecule has 1 fully saturated rings. The predicted octanol–water partition coefficient (Wildman–Crippen LogP) is 3.14. The number of carbonyl (C=O) groups excluding carboxylic acids is 2. The van der Waals surface area contributed by atoms with Gasteiger partial charge in [0.2, 0.25) is 0 Å². The van der Waals surface area contributed by atoms with Gasteiger partial charge in [-0.3, -0.25) is 9.59 Å². The van der Waals surface area contributed by atoms with Crippen LogP contribution in [-0.4, -0.2) is 66.7 Å². The Morgan fingerprint density at radius 1 is 1.03 bits per heavy atom. The highest BCUT2D eigenvalue weighted by Gasteiger charge is 2.23. The minimum Gasteiger partial charge on any atom is -0.493 e. The molecule has 0 radical (unpaired) electrons. The van der Waals surface area contributed by atoms with Crippen LogP contribution in [0.3, 0.4) is 0 Å². The minimum absolute atomic E-state index is 0.0605. The van der Waals surface area contributed by atoms with Crippen molar-refractivity contribution in [3.8, 4) is 22.1 Å². The summed E-state index contributed by atoms with van der Waals surface area (Å²) in [5, 5.41) is 10.7. The van der Waals surface area contributed by atoms with E-state index in [0.29, 0.717) is 43.2 Å². The SMILES string of the molecule is COc1cc(C(C)=O)ccc1OCC(=O)N1CCN(c2ccc(-c3cccs3)nn2)CC1. The van der Waals surface area contributed by atoms with Crippen molar-refractivity contribution in [1.29, 1.82) is 0 Å². The normalized spacial score (nSPS) is 13.7.